The molecule has 2 aromatic carbocycles. The second-order valence-electron chi connectivity index (χ2n) is 6.04. The summed E-state index contributed by atoms with van der Waals surface area (Å²) in [6.07, 6.45) is 1.04. The van der Waals surface area contributed by atoms with E-state index in [2.05, 4.69) is 77.7 Å². The number of anilines is 1. The third-order valence-corrected chi connectivity index (χ3v) is 4.42. The average Bonchev–Trinajstić information content (AvgIpc) is 2.97. The maximum atomic E-state index is 4.54. The zero-order valence-electron chi connectivity index (χ0n) is 13.5. The Morgan fingerprint density at radius 3 is 2.57 bits per heavy atom. The van der Waals surface area contributed by atoms with Gasteiger partial charge in [-0.05, 0) is 18.1 Å². The minimum absolute atomic E-state index is 0.868. The van der Waals surface area contributed by atoms with Crippen LogP contribution in [0.1, 0.15) is 18.9 Å². The second kappa shape index (κ2) is 5.54. The molecule has 1 aromatic heterocycles. The highest BCUT2D eigenvalue weighted by atomic mass is 15.4. The number of hydrogen-bond donors (Lipinski definition) is 0. The normalized spacial score (nSPS) is 12.9. The van der Waals surface area contributed by atoms with Gasteiger partial charge in [0.15, 0.2) is 0 Å². The number of fused-ring (bicyclic) bond motifs is 5. The lowest BCUT2D eigenvalue weighted by Gasteiger charge is -2.26. The fraction of sp³-hybridized carbons (Fsp3) is 0.263. The van der Waals surface area contributed by atoms with E-state index in [0.717, 1.165) is 30.9 Å². The number of para-hydroxylation sites is 1. The van der Waals surface area contributed by atoms with E-state index in [1.54, 1.807) is 0 Å². The van der Waals surface area contributed by atoms with E-state index in [0.29, 0.717) is 0 Å². The summed E-state index contributed by atoms with van der Waals surface area (Å²) in [7, 11) is 2.15. The van der Waals surface area contributed by atoms with Crippen LogP contribution in [0, 0.1) is 0 Å². The van der Waals surface area contributed by atoms with Crippen LogP contribution in [0.2, 0.25) is 0 Å². The van der Waals surface area contributed by atoms with Crippen molar-refractivity contribution < 1.29 is 0 Å². The monoisotopic (exact) mass is 304 g/mol. The lowest BCUT2D eigenvalue weighted by Crippen LogP contribution is -2.19. The summed E-state index contributed by atoms with van der Waals surface area (Å²) < 4.78 is 2.05. The molecule has 4 heteroatoms. The minimum atomic E-state index is 0.868. The van der Waals surface area contributed by atoms with E-state index < -0.39 is 0 Å². The Morgan fingerprint density at radius 1 is 1.00 bits per heavy atom. The molecule has 1 aliphatic heterocycles. The van der Waals surface area contributed by atoms with Crippen molar-refractivity contribution in [3.05, 3.63) is 54.1 Å². The van der Waals surface area contributed by atoms with Crippen molar-refractivity contribution in [3.63, 3.8) is 0 Å². The number of rotatable bonds is 2. The highest BCUT2D eigenvalue weighted by molar-refractivity contribution is 5.87. The molecule has 0 bridgehead atoms. The molecular formula is C19H20N4. The first-order chi connectivity index (χ1) is 11.3. The Bertz CT molecular complexity index is 850. The summed E-state index contributed by atoms with van der Waals surface area (Å²) in [5.41, 5.74) is 7.03. The fourth-order valence-electron chi connectivity index (χ4n) is 3.37. The Kier molecular flexibility index (Phi) is 3.37. The zero-order chi connectivity index (χ0) is 15.8. The molecule has 0 saturated heterocycles. The smallest absolute Gasteiger partial charge is 0.121 e. The van der Waals surface area contributed by atoms with Crippen LogP contribution in [-0.2, 0) is 13.1 Å². The minimum Gasteiger partial charge on any atom is -0.370 e. The first-order valence-electron chi connectivity index (χ1n) is 8.12. The Labute approximate surface area is 136 Å². The molecule has 4 nitrogen and oxygen atoms in total. The molecule has 3 aromatic rings. The molecule has 0 fully saturated rings. The quantitative estimate of drug-likeness (QED) is 0.718. The summed E-state index contributed by atoms with van der Waals surface area (Å²) >= 11 is 0. The summed E-state index contributed by atoms with van der Waals surface area (Å²) in [5.74, 6) is 0. The molecule has 0 N–H and O–H groups in total. The van der Waals surface area contributed by atoms with Gasteiger partial charge in [0.25, 0.3) is 0 Å². The summed E-state index contributed by atoms with van der Waals surface area (Å²) in [6.45, 7) is 3.92. The molecule has 0 unspecified atom stereocenters. The fourth-order valence-corrected chi connectivity index (χ4v) is 3.37. The third kappa shape index (κ3) is 2.22. The Balaban J connectivity index is 2.06. The van der Waals surface area contributed by atoms with Crippen molar-refractivity contribution >= 4 is 5.69 Å². The van der Waals surface area contributed by atoms with E-state index in [1.165, 1.54) is 22.4 Å². The van der Waals surface area contributed by atoms with Crippen molar-refractivity contribution in [1.29, 1.82) is 0 Å². The summed E-state index contributed by atoms with van der Waals surface area (Å²) in [5, 5.41) is 8.98. The molecule has 23 heavy (non-hydrogen) atoms. The molecule has 0 atom stereocenters. The summed E-state index contributed by atoms with van der Waals surface area (Å²) in [6, 6.07) is 17.0. The second-order valence-corrected chi connectivity index (χ2v) is 6.04. The molecule has 0 saturated carbocycles. The van der Waals surface area contributed by atoms with Crippen molar-refractivity contribution in [3.8, 4) is 22.5 Å². The number of benzene rings is 2. The average molecular weight is 304 g/mol. The van der Waals surface area contributed by atoms with E-state index in [-0.39, 0.29) is 0 Å². The standard InChI is InChI=1S/C19H20N4/c1-3-12-23-19-16-10-6-7-11-17(16)22(2)13-14-8-4-5-9-15(14)18(19)20-21-23/h4-11H,3,12-13H2,1-2H3. The van der Waals surface area contributed by atoms with Crippen LogP contribution in [0.25, 0.3) is 22.5 Å². The van der Waals surface area contributed by atoms with E-state index in [1.807, 2.05) is 4.68 Å². The van der Waals surface area contributed by atoms with Crippen LogP contribution in [0.5, 0.6) is 0 Å². The maximum absolute atomic E-state index is 4.54. The SMILES string of the molecule is CCCn1nnc2c1-c1ccccc1N(C)Cc1ccccc1-2. The van der Waals surface area contributed by atoms with Crippen LogP contribution in [0.3, 0.4) is 0 Å². The molecular weight excluding hydrogens is 284 g/mol. The van der Waals surface area contributed by atoms with E-state index >= 15 is 0 Å². The predicted octanol–water partition coefficient (Wildman–Crippen LogP) is 3.97. The van der Waals surface area contributed by atoms with Gasteiger partial charge >= 0.3 is 0 Å². The van der Waals surface area contributed by atoms with Crippen molar-refractivity contribution in [2.24, 2.45) is 0 Å². The van der Waals surface area contributed by atoms with Gasteiger partial charge in [-0.25, -0.2) is 4.68 Å². The van der Waals surface area contributed by atoms with Crippen LogP contribution >= 0.6 is 0 Å². The molecule has 0 radical (unpaired) electrons. The lowest BCUT2D eigenvalue weighted by molar-refractivity contribution is 0.584. The molecule has 1 aliphatic rings. The van der Waals surface area contributed by atoms with Gasteiger partial charge in [0.2, 0.25) is 0 Å². The highest BCUT2D eigenvalue weighted by Gasteiger charge is 2.24. The van der Waals surface area contributed by atoms with Gasteiger partial charge in [0, 0.05) is 37.0 Å². The Morgan fingerprint density at radius 2 is 1.74 bits per heavy atom. The molecule has 2 heterocycles. The first kappa shape index (κ1) is 14.0. The predicted molar refractivity (Wildman–Crippen MR) is 93.3 cm³/mol. The third-order valence-electron chi connectivity index (χ3n) is 4.42. The van der Waals surface area contributed by atoms with Gasteiger partial charge in [-0.15, -0.1) is 5.10 Å². The number of nitrogens with zero attached hydrogens (tertiary/aromatic N) is 4. The van der Waals surface area contributed by atoms with Gasteiger partial charge in [-0.1, -0.05) is 54.6 Å². The van der Waals surface area contributed by atoms with Gasteiger partial charge in [-0.3, -0.25) is 0 Å². The van der Waals surface area contributed by atoms with Crippen LogP contribution in [-0.4, -0.2) is 22.0 Å². The topological polar surface area (TPSA) is 34.0 Å². The zero-order valence-corrected chi connectivity index (χ0v) is 13.5. The van der Waals surface area contributed by atoms with Gasteiger partial charge < -0.3 is 4.90 Å². The van der Waals surface area contributed by atoms with Crippen LogP contribution < -0.4 is 4.90 Å². The maximum Gasteiger partial charge on any atom is 0.121 e. The van der Waals surface area contributed by atoms with Crippen molar-refractivity contribution in [2.75, 3.05) is 11.9 Å². The molecule has 4 rings (SSSR count). The van der Waals surface area contributed by atoms with Crippen LogP contribution in [0.15, 0.2) is 48.5 Å². The Hall–Kier alpha value is -2.62. The molecule has 0 aliphatic carbocycles. The van der Waals surface area contributed by atoms with Gasteiger partial charge in [-0.2, -0.15) is 0 Å². The number of aryl methyl sites for hydroxylation is 1. The molecule has 0 amide bonds. The van der Waals surface area contributed by atoms with Gasteiger partial charge in [0.05, 0.1) is 5.69 Å². The first-order valence-corrected chi connectivity index (χ1v) is 8.12. The molecule has 116 valence electrons. The largest absolute Gasteiger partial charge is 0.370 e. The highest BCUT2D eigenvalue weighted by Crippen LogP contribution is 2.40. The van der Waals surface area contributed by atoms with Crippen LogP contribution in [0.4, 0.5) is 5.69 Å². The number of aromatic nitrogens is 3. The van der Waals surface area contributed by atoms with E-state index in [4.69, 9.17) is 0 Å². The van der Waals surface area contributed by atoms with Gasteiger partial charge in [0.1, 0.15) is 5.69 Å². The van der Waals surface area contributed by atoms with E-state index in [9.17, 15) is 0 Å². The summed E-state index contributed by atoms with van der Waals surface area (Å²) in [4.78, 5) is 2.31. The van der Waals surface area contributed by atoms with Crippen molar-refractivity contribution in [1.82, 2.24) is 15.0 Å². The number of hydrogen-bond acceptors (Lipinski definition) is 3. The lowest BCUT2D eigenvalue weighted by atomic mass is 9.96. The van der Waals surface area contributed by atoms with Crippen molar-refractivity contribution in [2.45, 2.75) is 26.4 Å². The molecule has 0 spiro atoms.